The molecule has 10 heteroatoms. The molecule has 148 valence electrons. The van der Waals surface area contributed by atoms with Gasteiger partial charge in [0.1, 0.15) is 17.5 Å². The first-order valence-electron chi connectivity index (χ1n) is 9.07. The van der Waals surface area contributed by atoms with Crippen LogP contribution >= 0.6 is 0 Å². The van der Waals surface area contributed by atoms with E-state index in [1.165, 1.54) is 13.3 Å². The van der Waals surface area contributed by atoms with Crippen LogP contribution in [0.1, 0.15) is 24.4 Å². The maximum atomic E-state index is 12.4. The van der Waals surface area contributed by atoms with Crippen LogP contribution in [-0.2, 0) is 4.74 Å². The Morgan fingerprint density at radius 2 is 2.14 bits per heavy atom. The highest BCUT2D eigenvalue weighted by Crippen LogP contribution is 2.29. The minimum atomic E-state index is -0.898. The van der Waals surface area contributed by atoms with E-state index < -0.39 is 6.16 Å². The Balaban J connectivity index is 1.53. The van der Waals surface area contributed by atoms with Gasteiger partial charge in [0, 0.05) is 31.4 Å². The van der Waals surface area contributed by atoms with E-state index >= 15 is 0 Å². The van der Waals surface area contributed by atoms with Crippen LogP contribution < -0.4 is 15.3 Å². The van der Waals surface area contributed by atoms with Crippen LogP contribution in [0, 0.1) is 11.3 Å². The number of anilines is 1. The van der Waals surface area contributed by atoms with E-state index in [0.717, 1.165) is 18.4 Å². The largest absolute Gasteiger partial charge is 0.513 e. The lowest BCUT2D eigenvalue weighted by atomic mass is 10.0. The summed E-state index contributed by atoms with van der Waals surface area (Å²) in [5.41, 5.74) is 1.36. The lowest BCUT2D eigenvalue weighted by Crippen LogP contribution is -2.37. The third-order valence-electron chi connectivity index (χ3n) is 4.98. The van der Waals surface area contributed by atoms with Gasteiger partial charge in [0.2, 0.25) is 0 Å². The number of hydrogen-bond donors (Lipinski definition) is 1. The number of methoxy groups -OCH3 is 1. The fraction of sp³-hybridized carbons (Fsp3) is 0.316. The molecule has 0 aromatic carbocycles. The number of aromatic amines is 1. The molecule has 0 spiro atoms. The van der Waals surface area contributed by atoms with Crippen molar-refractivity contribution in [3.63, 3.8) is 0 Å². The monoisotopic (exact) mass is 394 g/mol. The first-order chi connectivity index (χ1) is 14.1. The Hall–Kier alpha value is -3.87. The summed E-state index contributed by atoms with van der Waals surface area (Å²) in [7, 11) is 1.20. The summed E-state index contributed by atoms with van der Waals surface area (Å²) in [5.74, 6) is 0.694. The number of fused-ring (bicyclic) bond motifs is 1. The molecule has 4 rings (SSSR count). The highest BCUT2D eigenvalue weighted by Gasteiger charge is 2.25. The van der Waals surface area contributed by atoms with E-state index in [1.807, 2.05) is 23.1 Å². The summed E-state index contributed by atoms with van der Waals surface area (Å²) in [6.45, 7) is 1.31. The molecule has 0 bridgehead atoms. The Morgan fingerprint density at radius 3 is 2.86 bits per heavy atom. The molecule has 0 radical (unpaired) electrons. The number of imidazole rings is 1. The van der Waals surface area contributed by atoms with Gasteiger partial charge in [-0.2, -0.15) is 5.26 Å². The maximum absolute atomic E-state index is 12.4. The maximum Gasteiger partial charge on any atom is 0.513 e. The quantitative estimate of drug-likeness (QED) is 0.668. The van der Waals surface area contributed by atoms with Crippen molar-refractivity contribution >= 4 is 23.1 Å². The van der Waals surface area contributed by atoms with Crippen LogP contribution in [0.2, 0.25) is 0 Å². The van der Waals surface area contributed by atoms with Gasteiger partial charge in [-0.05, 0) is 25.0 Å². The van der Waals surface area contributed by atoms with Crippen molar-refractivity contribution in [2.24, 2.45) is 0 Å². The number of hydrogen-bond acceptors (Lipinski definition) is 8. The molecule has 0 unspecified atom stereocenters. The van der Waals surface area contributed by atoms with E-state index in [9.17, 15) is 14.9 Å². The van der Waals surface area contributed by atoms with Gasteiger partial charge in [-0.15, -0.1) is 0 Å². The zero-order chi connectivity index (χ0) is 20.4. The standard InChI is InChI=1S/C19H18N6O4/c1-28-19(27)29-15-9-16(22-11-12(15)10-20)24-7-4-13(5-8-24)25-14-3-2-6-21-17(14)23-18(25)26/h2-3,6,9,11,13H,4-5,7-8H2,1H3,(H,21,23,26). The summed E-state index contributed by atoms with van der Waals surface area (Å²) in [6, 6.07) is 7.23. The second-order valence-corrected chi connectivity index (χ2v) is 6.60. The van der Waals surface area contributed by atoms with E-state index in [0.29, 0.717) is 24.6 Å². The van der Waals surface area contributed by atoms with Crippen LogP contribution in [0.3, 0.4) is 0 Å². The van der Waals surface area contributed by atoms with Crippen molar-refractivity contribution < 1.29 is 14.3 Å². The summed E-state index contributed by atoms with van der Waals surface area (Å²) in [4.78, 5) is 37.1. The molecule has 0 amide bonds. The molecule has 29 heavy (non-hydrogen) atoms. The number of carbonyl (C=O) groups is 1. The summed E-state index contributed by atoms with van der Waals surface area (Å²) < 4.78 is 11.3. The molecule has 0 saturated carbocycles. The van der Waals surface area contributed by atoms with Gasteiger partial charge in [-0.1, -0.05) is 0 Å². The molecular formula is C19H18N6O4. The molecule has 1 saturated heterocycles. The fourth-order valence-corrected chi connectivity index (χ4v) is 3.57. The summed E-state index contributed by atoms with van der Waals surface area (Å²) >= 11 is 0. The predicted molar refractivity (Wildman–Crippen MR) is 103 cm³/mol. The van der Waals surface area contributed by atoms with E-state index in [4.69, 9.17) is 4.74 Å². The fourth-order valence-electron chi connectivity index (χ4n) is 3.57. The number of nitrogens with one attached hydrogen (secondary N) is 1. The van der Waals surface area contributed by atoms with Crippen molar-refractivity contribution in [2.75, 3.05) is 25.1 Å². The normalized spacial score (nSPS) is 14.6. The molecule has 1 aliphatic heterocycles. The molecule has 1 aliphatic rings. The van der Waals surface area contributed by atoms with E-state index in [2.05, 4.69) is 19.7 Å². The molecule has 0 aliphatic carbocycles. The molecule has 10 nitrogen and oxygen atoms in total. The molecule has 3 aromatic heterocycles. The zero-order valence-corrected chi connectivity index (χ0v) is 15.7. The first-order valence-corrected chi connectivity index (χ1v) is 9.07. The number of nitrogens with zero attached hydrogens (tertiary/aromatic N) is 5. The van der Waals surface area contributed by atoms with Gasteiger partial charge in [0.05, 0.1) is 18.8 Å². The summed E-state index contributed by atoms with van der Waals surface area (Å²) in [5, 5.41) is 9.18. The molecule has 0 atom stereocenters. The number of carbonyl (C=O) groups excluding carboxylic acids is 1. The third kappa shape index (κ3) is 3.50. The van der Waals surface area contributed by atoms with Gasteiger partial charge in [-0.3, -0.25) is 9.55 Å². The van der Waals surface area contributed by atoms with Crippen LogP contribution in [0.4, 0.5) is 10.6 Å². The Kier molecular flexibility index (Phi) is 4.87. The summed E-state index contributed by atoms with van der Waals surface area (Å²) in [6.07, 6.45) is 3.59. The number of rotatable bonds is 3. The smallest absolute Gasteiger partial charge is 0.437 e. The number of pyridine rings is 2. The predicted octanol–water partition coefficient (Wildman–Crippen LogP) is 1.98. The average molecular weight is 394 g/mol. The first kappa shape index (κ1) is 18.5. The van der Waals surface area contributed by atoms with Gasteiger partial charge >= 0.3 is 11.8 Å². The minimum absolute atomic E-state index is 0.0425. The molecule has 1 N–H and O–H groups in total. The van der Waals surface area contributed by atoms with Crippen molar-refractivity contribution in [1.29, 1.82) is 5.26 Å². The van der Waals surface area contributed by atoms with Gasteiger partial charge < -0.3 is 14.4 Å². The van der Waals surface area contributed by atoms with E-state index in [-0.39, 0.29) is 23.0 Å². The number of aromatic nitrogens is 4. The van der Waals surface area contributed by atoms with Crippen LogP contribution in [0.25, 0.3) is 11.2 Å². The molecular weight excluding hydrogens is 376 g/mol. The van der Waals surface area contributed by atoms with Crippen molar-refractivity contribution in [2.45, 2.75) is 18.9 Å². The van der Waals surface area contributed by atoms with Crippen LogP contribution in [0.5, 0.6) is 5.75 Å². The van der Waals surface area contributed by atoms with Gasteiger partial charge in [0.15, 0.2) is 11.4 Å². The minimum Gasteiger partial charge on any atom is -0.437 e. The van der Waals surface area contributed by atoms with Gasteiger partial charge in [0.25, 0.3) is 0 Å². The number of piperidine rings is 1. The third-order valence-corrected chi connectivity index (χ3v) is 4.98. The number of nitriles is 1. The van der Waals surface area contributed by atoms with Gasteiger partial charge in [-0.25, -0.2) is 19.6 Å². The second-order valence-electron chi connectivity index (χ2n) is 6.60. The Labute approximate surface area is 165 Å². The Morgan fingerprint density at radius 1 is 1.34 bits per heavy atom. The van der Waals surface area contributed by atoms with E-state index in [1.54, 1.807) is 16.8 Å². The second kappa shape index (κ2) is 7.63. The topological polar surface area (TPSA) is 126 Å². The lowest BCUT2D eigenvalue weighted by molar-refractivity contribution is 0.121. The molecule has 4 heterocycles. The van der Waals surface area contributed by atoms with Crippen molar-refractivity contribution in [3.05, 3.63) is 46.6 Å². The number of H-pyrrole nitrogens is 1. The lowest BCUT2D eigenvalue weighted by Gasteiger charge is -2.33. The molecule has 3 aromatic rings. The Bertz CT molecular complexity index is 1150. The van der Waals surface area contributed by atoms with Crippen LogP contribution in [-0.4, -0.2) is 45.9 Å². The SMILES string of the molecule is COC(=O)Oc1cc(N2CCC(n3c(=O)[nH]c4ncccc43)CC2)ncc1C#N. The number of ether oxygens (including phenoxy) is 2. The highest BCUT2D eigenvalue weighted by atomic mass is 16.7. The average Bonchev–Trinajstić information content (AvgIpc) is 3.09. The molecule has 1 fully saturated rings. The van der Waals surface area contributed by atoms with Crippen molar-refractivity contribution in [3.8, 4) is 11.8 Å². The van der Waals surface area contributed by atoms with Crippen molar-refractivity contribution in [1.82, 2.24) is 19.5 Å². The highest BCUT2D eigenvalue weighted by molar-refractivity contribution is 5.70. The zero-order valence-electron chi connectivity index (χ0n) is 15.7. The van der Waals surface area contributed by atoms with Crippen LogP contribution in [0.15, 0.2) is 35.4 Å².